The molecule has 0 atom stereocenters. The number of ketones is 1. The zero-order chi connectivity index (χ0) is 11.5. The van der Waals surface area contributed by atoms with Gasteiger partial charge in [0.05, 0.1) is 9.75 Å². The Hall–Kier alpha value is -1.94. The second-order valence-electron chi connectivity index (χ2n) is 3.20. The molecule has 0 aliphatic carbocycles. The molecule has 3 nitrogen and oxygen atoms in total. The van der Waals surface area contributed by atoms with E-state index in [0.717, 1.165) is 11.3 Å². The maximum absolute atomic E-state index is 11.9. The third kappa shape index (κ3) is 2.01. The Balaban J connectivity index is 2.35. The molecule has 0 bridgehead atoms. The number of carbonyl (C=O) groups excluding carboxylic acids is 2. The monoisotopic (exact) mass is 232 g/mol. The summed E-state index contributed by atoms with van der Waals surface area (Å²) in [7, 11) is 0. The number of thiophene rings is 1. The van der Waals surface area contributed by atoms with E-state index in [9.17, 15) is 14.7 Å². The number of rotatable bonds is 3. The number of phenols is 1. The molecule has 1 aromatic heterocycles. The molecule has 1 N–H and O–H groups in total. The van der Waals surface area contributed by atoms with E-state index >= 15 is 0 Å². The lowest BCUT2D eigenvalue weighted by Gasteiger charge is -1.98. The van der Waals surface area contributed by atoms with E-state index in [1.807, 2.05) is 0 Å². The van der Waals surface area contributed by atoms with Crippen LogP contribution in [0.5, 0.6) is 5.75 Å². The summed E-state index contributed by atoms with van der Waals surface area (Å²) in [5, 5.41) is 9.26. The highest BCUT2D eigenvalue weighted by Crippen LogP contribution is 2.20. The molecular formula is C12H8O3S. The lowest BCUT2D eigenvalue weighted by atomic mass is 10.1. The minimum absolute atomic E-state index is 0.0537. The zero-order valence-electron chi connectivity index (χ0n) is 8.21. The van der Waals surface area contributed by atoms with Crippen molar-refractivity contribution in [3.05, 3.63) is 51.7 Å². The predicted molar refractivity (Wildman–Crippen MR) is 61.2 cm³/mol. The highest BCUT2D eigenvalue weighted by molar-refractivity contribution is 7.15. The number of hydrogen-bond donors (Lipinski definition) is 1. The van der Waals surface area contributed by atoms with Crippen LogP contribution in [0.25, 0.3) is 0 Å². The van der Waals surface area contributed by atoms with Crippen molar-refractivity contribution in [2.75, 3.05) is 0 Å². The van der Waals surface area contributed by atoms with Gasteiger partial charge in [0.1, 0.15) is 5.75 Å². The van der Waals surface area contributed by atoms with E-state index < -0.39 is 0 Å². The first-order valence-electron chi connectivity index (χ1n) is 4.59. The lowest BCUT2D eigenvalue weighted by molar-refractivity contribution is 0.104. The minimum Gasteiger partial charge on any atom is -0.508 e. The smallest absolute Gasteiger partial charge is 0.203 e. The summed E-state index contributed by atoms with van der Waals surface area (Å²) >= 11 is 1.14. The van der Waals surface area contributed by atoms with E-state index in [-0.39, 0.29) is 11.5 Å². The number of phenolic OH excluding ortho intramolecular Hbond substituents is 1. The number of aldehydes is 1. The van der Waals surface area contributed by atoms with E-state index in [1.54, 1.807) is 24.3 Å². The number of aromatic hydroxyl groups is 1. The molecule has 1 aromatic carbocycles. The second kappa shape index (κ2) is 4.28. The Bertz CT molecular complexity index is 543. The van der Waals surface area contributed by atoms with Crippen molar-refractivity contribution in [2.24, 2.45) is 0 Å². The summed E-state index contributed by atoms with van der Waals surface area (Å²) in [6.45, 7) is 0. The number of benzene rings is 1. The molecule has 1 heterocycles. The van der Waals surface area contributed by atoms with Gasteiger partial charge in [0.25, 0.3) is 0 Å². The van der Waals surface area contributed by atoms with Crippen molar-refractivity contribution in [1.29, 1.82) is 0 Å². The summed E-state index contributed by atoms with van der Waals surface area (Å²) in [6.07, 6.45) is 0.712. The molecule has 0 aliphatic rings. The molecule has 0 saturated carbocycles. The Morgan fingerprint density at radius 2 is 2.06 bits per heavy atom. The first kappa shape index (κ1) is 10.6. The molecule has 0 amide bonds. The van der Waals surface area contributed by atoms with Crippen LogP contribution in [0.1, 0.15) is 24.9 Å². The molecule has 0 fully saturated rings. The zero-order valence-corrected chi connectivity index (χ0v) is 9.03. The van der Waals surface area contributed by atoms with Gasteiger partial charge in [-0.2, -0.15) is 0 Å². The largest absolute Gasteiger partial charge is 0.508 e. The maximum Gasteiger partial charge on any atom is 0.203 e. The fourth-order valence-corrected chi connectivity index (χ4v) is 2.11. The van der Waals surface area contributed by atoms with Crippen LogP contribution in [0, 0.1) is 0 Å². The highest BCUT2D eigenvalue weighted by Gasteiger charge is 2.11. The van der Waals surface area contributed by atoms with Crippen LogP contribution in [0.15, 0.2) is 36.4 Å². The average Bonchev–Trinajstić information content (AvgIpc) is 2.76. The molecule has 0 unspecified atom stereocenters. The van der Waals surface area contributed by atoms with Crippen molar-refractivity contribution in [2.45, 2.75) is 0 Å². The molecule has 0 spiro atoms. The quantitative estimate of drug-likeness (QED) is 0.653. The average molecular weight is 232 g/mol. The molecule has 80 valence electrons. The molecule has 2 rings (SSSR count). The van der Waals surface area contributed by atoms with Crippen molar-refractivity contribution >= 4 is 23.4 Å². The fourth-order valence-electron chi connectivity index (χ4n) is 1.33. The second-order valence-corrected chi connectivity index (χ2v) is 4.31. The van der Waals surface area contributed by atoms with Crippen molar-refractivity contribution in [1.82, 2.24) is 0 Å². The van der Waals surface area contributed by atoms with Crippen molar-refractivity contribution in [3.8, 4) is 5.75 Å². The topological polar surface area (TPSA) is 54.4 Å². The van der Waals surface area contributed by atoms with Gasteiger partial charge < -0.3 is 5.11 Å². The third-order valence-corrected chi connectivity index (χ3v) is 3.08. The SMILES string of the molecule is O=Cc1ccc(C(=O)c2cccc(O)c2)s1. The van der Waals surface area contributed by atoms with E-state index in [1.165, 1.54) is 12.1 Å². The van der Waals surface area contributed by atoms with Crippen molar-refractivity contribution in [3.63, 3.8) is 0 Å². The molecule has 0 saturated heterocycles. The Kier molecular flexibility index (Phi) is 2.83. The first-order chi connectivity index (χ1) is 7.70. The summed E-state index contributed by atoms with van der Waals surface area (Å²) in [5.41, 5.74) is 0.416. The van der Waals surface area contributed by atoms with Crippen LogP contribution in [0.2, 0.25) is 0 Å². The summed E-state index contributed by atoms with van der Waals surface area (Å²) in [5.74, 6) is -0.132. The van der Waals surface area contributed by atoms with Gasteiger partial charge in [-0.3, -0.25) is 9.59 Å². The molecular weight excluding hydrogens is 224 g/mol. The molecule has 0 aliphatic heterocycles. The van der Waals surface area contributed by atoms with Gasteiger partial charge in [-0.15, -0.1) is 11.3 Å². The predicted octanol–water partition coefficient (Wildman–Crippen LogP) is 2.50. The van der Waals surface area contributed by atoms with Crippen LogP contribution in [-0.4, -0.2) is 17.2 Å². The van der Waals surface area contributed by atoms with Crippen LogP contribution < -0.4 is 0 Å². The van der Waals surface area contributed by atoms with Gasteiger partial charge in [-0.05, 0) is 24.3 Å². The standard InChI is InChI=1S/C12H8O3S/c13-7-10-4-5-11(16-10)12(15)8-2-1-3-9(14)6-8/h1-7,14H. The van der Waals surface area contributed by atoms with E-state index in [0.29, 0.717) is 21.6 Å². The number of hydrogen-bond acceptors (Lipinski definition) is 4. The normalized spacial score (nSPS) is 10.0. The molecule has 2 aromatic rings. The third-order valence-electron chi connectivity index (χ3n) is 2.08. The number of carbonyl (C=O) groups is 2. The lowest BCUT2D eigenvalue weighted by Crippen LogP contribution is -1.97. The van der Waals surface area contributed by atoms with Gasteiger partial charge in [-0.25, -0.2) is 0 Å². The van der Waals surface area contributed by atoms with Gasteiger partial charge in [0, 0.05) is 5.56 Å². The van der Waals surface area contributed by atoms with Crippen LogP contribution >= 0.6 is 11.3 Å². The van der Waals surface area contributed by atoms with Crippen LogP contribution in [-0.2, 0) is 0 Å². The molecule has 0 radical (unpaired) electrons. The highest BCUT2D eigenvalue weighted by atomic mass is 32.1. The van der Waals surface area contributed by atoms with Crippen LogP contribution in [0.3, 0.4) is 0 Å². The fraction of sp³-hybridized carbons (Fsp3) is 0. The van der Waals surface area contributed by atoms with E-state index in [4.69, 9.17) is 0 Å². The van der Waals surface area contributed by atoms with Gasteiger partial charge >= 0.3 is 0 Å². The van der Waals surface area contributed by atoms with E-state index in [2.05, 4.69) is 0 Å². The van der Waals surface area contributed by atoms with Crippen LogP contribution in [0.4, 0.5) is 0 Å². The minimum atomic E-state index is -0.186. The summed E-state index contributed by atoms with van der Waals surface area (Å²) in [4.78, 5) is 23.4. The molecule has 4 heteroatoms. The summed E-state index contributed by atoms with van der Waals surface area (Å²) in [6, 6.07) is 9.36. The Morgan fingerprint density at radius 3 is 2.69 bits per heavy atom. The van der Waals surface area contributed by atoms with Gasteiger partial charge in [0.2, 0.25) is 5.78 Å². The maximum atomic E-state index is 11.9. The first-order valence-corrected chi connectivity index (χ1v) is 5.41. The Labute approximate surface area is 96.0 Å². The molecule has 16 heavy (non-hydrogen) atoms. The van der Waals surface area contributed by atoms with Gasteiger partial charge in [-0.1, -0.05) is 12.1 Å². The Morgan fingerprint density at radius 1 is 1.25 bits per heavy atom. The summed E-state index contributed by atoms with van der Waals surface area (Å²) < 4.78 is 0. The van der Waals surface area contributed by atoms with Crippen molar-refractivity contribution < 1.29 is 14.7 Å². The van der Waals surface area contributed by atoms with Gasteiger partial charge in [0.15, 0.2) is 6.29 Å².